The number of methoxy groups -OCH3 is 1. The first kappa shape index (κ1) is 35.8. The van der Waals surface area contributed by atoms with Gasteiger partial charge in [0.05, 0.1) is 29.8 Å². The summed E-state index contributed by atoms with van der Waals surface area (Å²) in [5, 5.41) is 34.0. The van der Waals surface area contributed by atoms with Gasteiger partial charge in [0, 0.05) is 25.0 Å². The zero-order valence-corrected chi connectivity index (χ0v) is 26.9. The summed E-state index contributed by atoms with van der Waals surface area (Å²) < 4.78 is 24.4. The fraction of sp³-hybridized carbons (Fsp3) is 0.871. The zero-order valence-electron chi connectivity index (χ0n) is 26.9. The highest BCUT2D eigenvalue weighted by atomic mass is 16.7. The van der Waals surface area contributed by atoms with Crippen molar-refractivity contribution in [2.75, 3.05) is 21.2 Å². The number of likely N-dealkylation sites (N-methyl/N-ethyl adjacent to an activating group) is 1. The van der Waals surface area contributed by atoms with Gasteiger partial charge in [-0.15, -0.1) is 0 Å². The maximum atomic E-state index is 13.7. The van der Waals surface area contributed by atoms with Crippen LogP contribution in [-0.2, 0) is 28.5 Å². The fourth-order valence-corrected chi connectivity index (χ4v) is 6.39. The Hall–Kier alpha value is -1.40. The summed E-state index contributed by atoms with van der Waals surface area (Å²) in [6.45, 7) is 14.0. The number of esters is 1. The third-order valence-corrected chi connectivity index (χ3v) is 9.13. The molecule has 2 heterocycles. The van der Waals surface area contributed by atoms with Crippen molar-refractivity contribution in [1.29, 1.82) is 0 Å². The largest absolute Gasteiger partial charge is 0.459 e. The standard InChI is InChI=1S/C31H55NO9/c1-12-21-16-30(7,37)23(13-2)40-28(36)20(6)25(34)19(5)27(31(8,38-11)15-17(3)24(21)33)41-29-26(35)22(32(9)10)14-18(4)39-29/h16-20,22-23,25-27,29,34-35,37H,12-15H2,1-11H3/b21-16+/t17-,18-,19+,20-,22+,23-,25+,26-,27-,29+,30+,31+/m1/s1. The van der Waals surface area contributed by atoms with Gasteiger partial charge in [0.1, 0.15) is 17.8 Å². The van der Waals surface area contributed by atoms with E-state index in [9.17, 15) is 24.9 Å². The first-order valence-corrected chi connectivity index (χ1v) is 15.0. The second-order valence-corrected chi connectivity index (χ2v) is 12.8. The molecular weight excluding hydrogens is 530 g/mol. The minimum atomic E-state index is -1.59. The first-order valence-electron chi connectivity index (χ1n) is 15.0. The van der Waals surface area contributed by atoms with Crippen LogP contribution < -0.4 is 0 Å². The van der Waals surface area contributed by atoms with E-state index in [1.807, 2.05) is 32.8 Å². The topological polar surface area (TPSA) is 135 Å². The van der Waals surface area contributed by atoms with Crippen LogP contribution >= 0.6 is 0 Å². The van der Waals surface area contributed by atoms with Gasteiger partial charge >= 0.3 is 5.97 Å². The smallest absolute Gasteiger partial charge is 0.311 e. The van der Waals surface area contributed by atoms with Gasteiger partial charge in [-0.1, -0.05) is 27.7 Å². The minimum absolute atomic E-state index is 0.162. The van der Waals surface area contributed by atoms with Crippen LogP contribution in [0.2, 0.25) is 0 Å². The molecule has 41 heavy (non-hydrogen) atoms. The van der Waals surface area contributed by atoms with E-state index in [4.69, 9.17) is 18.9 Å². The van der Waals surface area contributed by atoms with Gasteiger partial charge in [0.15, 0.2) is 12.1 Å². The molecule has 238 valence electrons. The fourth-order valence-electron chi connectivity index (χ4n) is 6.39. The quantitative estimate of drug-likeness (QED) is 0.400. The van der Waals surface area contributed by atoms with Crippen molar-refractivity contribution in [2.45, 2.75) is 135 Å². The molecule has 12 atom stereocenters. The van der Waals surface area contributed by atoms with E-state index in [2.05, 4.69) is 0 Å². The van der Waals surface area contributed by atoms with Gasteiger partial charge in [0.2, 0.25) is 0 Å². The van der Waals surface area contributed by atoms with Crippen LogP contribution in [0.1, 0.15) is 81.1 Å². The number of hydrogen-bond acceptors (Lipinski definition) is 10. The van der Waals surface area contributed by atoms with Crippen LogP contribution in [0.15, 0.2) is 11.6 Å². The molecular formula is C31H55NO9. The van der Waals surface area contributed by atoms with Crippen molar-refractivity contribution >= 4 is 11.8 Å². The second kappa shape index (κ2) is 14.4. The normalized spacial score (nSPS) is 45.1. The molecule has 0 radical (unpaired) electrons. The molecule has 2 aliphatic rings. The van der Waals surface area contributed by atoms with E-state index in [1.165, 1.54) is 20.1 Å². The highest BCUT2D eigenvalue weighted by Gasteiger charge is 2.49. The lowest BCUT2D eigenvalue weighted by atomic mass is 9.76. The molecule has 10 heteroatoms. The van der Waals surface area contributed by atoms with E-state index in [1.54, 1.807) is 34.6 Å². The van der Waals surface area contributed by atoms with E-state index < -0.39 is 65.6 Å². The number of ether oxygens (including phenoxy) is 4. The van der Waals surface area contributed by atoms with Gasteiger partial charge in [-0.05, 0) is 79.1 Å². The Balaban J connectivity index is 2.64. The molecule has 0 amide bonds. The predicted molar refractivity (Wildman–Crippen MR) is 155 cm³/mol. The molecule has 0 saturated carbocycles. The van der Waals surface area contributed by atoms with Gasteiger partial charge in [-0.2, -0.15) is 0 Å². The second-order valence-electron chi connectivity index (χ2n) is 12.8. The van der Waals surface area contributed by atoms with E-state index >= 15 is 0 Å². The van der Waals surface area contributed by atoms with Crippen LogP contribution in [0.3, 0.4) is 0 Å². The maximum absolute atomic E-state index is 13.7. The minimum Gasteiger partial charge on any atom is -0.459 e. The number of ketones is 1. The summed E-state index contributed by atoms with van der Waals surface area (Å²) in [5.41, 5.74) is -2.29. The monoisotopic (exact) mass is 585 g/mol. The molecule has 10 nitrogen and oxygen atoms in total. The number of carbonyl (C=O) groups excluding carboxylic acids is 2. The van der Waals surface area contributed by atoms with Gasteiger partial charge in [0.25, 0.3) is 0 Å². The number of carbonyl (C=O) groups is 2. The highest BCUT2D eigenvalue weighted by molar-refractivity contribution is 5.97. The molecule has 2 rings (SSSR count). The summed E-state index contributed by atoms with van der Waals surface area (Å²) in [6.07, 6.45) is -2.24. The van der Waals surface area contributed by atoms with Crippen LogP contribution in [0.25, 0.3) is 0 Å². The summed E-state index contributed by atoms with van der Waals surface area (Å²) in [4.78, 5) is 28.9. The summed E-state index contributed by atoms with van der Waals surface area (Å²) in [6, 6.07) is -0.221. The molecule has 1 saturated heterocycles. The number of aliphatic hydroxyl groups excluding tert-OH is 2. The number of aliphatic hydroxyl groups is 3. The summed E-state index contributed by atoms with van der Waals surface area (Å²) >= 11 is 0. The number of rotatable bonds is 6. The third-order valence-electron chi connectivity index (χ3n) is 9.13. The van der Waals surface area contributed by atoms with Gasteiger partial charge in [-0.25, -0.2) is 0 Å². The molecule has 0 aromatic carbocycles. The average Bonchev–Trinajstić information content (AvgIpc) is 2.91. The molecule has 0 spiro atoms. The Morgan fingerprint density at radius 2 is 1.68 bits per heavy atom. The number of cyclic esters (lactones) is 1. The van der Waals surface area contributed by atoms with Gasteiger partial charge < -0.3 is 39.2 Å². The first-order chi connectivity index (χ1) is 18.9. The lowest BCUT2D eigenvalue weighted by Crippen LogP contribution is -2.59. The van der Waals surface area contributed by atoms with Crippen molar-refractivity contribution in [3.05, 3.63) is 11.6 Å². The van der Waals surface area contributed by atoms with Crippen LogP contribution in [0.4, 0.5) is 0 Å². The van der Waals surface area contributed by atoms with Crippen molar-refractivity contribution in [3.63, 3.8) is 0 Å². The van der Waals surface area contributed by atoms with E-state index in [-0.39, 0.29) is 24.3 Å². The average molecular weight is 586 g/mol. The number of Topliss-reactive ketones (excluding diaryl/α,β-unsaturated/α-hetero) is 1. The maximum Gasteiger partial charge on any atom is 0.311 e. The summed E-state index contributed by atoms with van der Waals surface area (Å²) in [5.74, 6) is -3.05. The van der Waals surface area contributed by atoms with Crippen molar-refractivity contribution in [1.82, 2.24) is 4.90 Å². The predicted octanol–water partition coefficient (Wildman–Crippen LogP) is 2.85. The molecule has 0 aromatic rings. The molecule has 0 aliphatic carbocycles. The van der Waals surface area contributed by atoms with E-state index in [0.717, 1.165) is 0 Å². The Morgan fingerprint density at radius 3 is 2.20 bits per heavy atom. The number of hydrogen-bond donors (Lipinski definition) is 3. The Kier molecular flexibility index (Phi) is 12.6. The van der Waals surface area contributed by atoms with Crippen LogP contribution in [0.5, 0.6) is 0 Å². The highest BCUT2D eigenvalue weighted by Crippen LogP contribution is 2.38. The van der Waals surface area contributed by atoms with Crippen molar-refractivity contribution < 1.29 is 43.9 Å². The third kappa shape index (κ3) is 8.16. The zero-order chi connectivity index (χ0) is 31.4. The van der Waals surface area contributed by atoms with Crippen molar-refractivity contribution in [3.8, 4) is 0 Å². The van der Waals surface area contributed by atoms with Crippen LogP contribution in [0, 0.1) is 17.8 Å². The molecule has 3 N–H and O–H groups in total. The number of allylic oxidation sites excluding steroid dienone is 1. The number of nitrogens with zero attached hydrogens (tertiary/aromatic N) is 1. The molecule has 0 aromatic heterocycles. The van der Waals surface area contributed by atoms with E-state index in [0.29, 0.717) is 24.8 Å². The SMILES string of the molecule is CC/C1=C\[C@](C)(O)[C@@H](CC)OC(=O)[C@H](C)[C@@H](O)[C@H](C)[C@@H](O[C@@H]2O[C@H](C)C[C@H](N(C)C)[C@H]2O)[C@@](C)(OC)C[C@@H](C)C1=O. The summed E-state index contributed by atoms with van der Waals surface area (Å²) in [7, 11) is 5.29. The Bertz CT molecular complexity index is 921. The van der Waals surface area contributed by atoms with Crippen LogP contribution in [-0.4, -0.2) is 107 Å². The Morgan fingerprint density at radius 1 is 1.07 bits per heavy atom. The molecule has 0 unspecified atom stereocenters. The molecule has 0 bridgehead atoms. The molecule has 1 fully saturated rings. The van der Waals surface area contributed by atoms with Gasteiger partial charge in [-0.3, -0.25) is 9.59 Å². The van der Waals surface area contributed by atoms with Crippen molar-refractivity contribution in [2.24, 2.45) is 17.8 Å². The molecule has 2 aliphatic heterocycles. The lowest BCUT2D eigenvalue weighted by molar-refractivity contribution is -0.301. The Labute approximate surface area is 246 Å². The lowest BCUT2D eigenvalue weighted by Gasteiger charge is -2.47.